The van der Waals surface area contributed by atoms with Crippen LogP contribution in [0.1, 0.15) is 24.5 Å². The zero-order valence-electron chi connectivity index (χ0n) is 13.3. The number of hydrogen-bond donors (Lipinski definition) is 1. The molecule has 2 aromatic carbocycles. The first-order chi connectivity index (χ1) is 11.4. The van der Waals surface area contributed by atoms with Gasteiger partial charge in [-0.2, -0.15) is 0 Å². The van der Waals surface area contributed by atoms with E-state index in [4.69, 9.17) is 5.11 Å². The molecule has 0 spiro atoms. The molecule has 1 atom stereocenters. The van der Waals surface area contributed by atoms with Crippen molar-refractivity contribution in [1.29, 1.82) is 0 Å². The molecule has 0 aliphatic carbocycles. The third kappa shape index (κ3) is 3.01. The predicted octanol–water partition coefficient (Wildman–Crippen LogP) is 2.84. The van der Waals surface area contributed by atoms with Crippen molar-refractivity contribution in [3.05, 3.63) is 59.7 Å². The summed E-state index contributed by atoms with van der Waals surface area (Å²) in [5.74, 6) is -0.866. The van der Waals surface area contributed by atoms with Crippen LogP contribution >= 0.6 is 0 Å². The first-order valence-corrected chi connectivity index (χ1v) is 9.26. The molecule has 0 saturated carbocycles. The van der Waals surface area contributed by atoms with E-state index in [1.807, 2.05) is 31.2 Å². The third-order valence-corrected chi connectivity index (χ3v) is 6.19. The van der Waals surface area contributed by atoms with Crippen LogP contribution in [0, 0.1) is 0 Å². The molecule has 1 aliphatic rings. The van der Waals surface area contributed by atoms with Crippen molar-refractivity contribution in [2.45, 2.75) is 37.1 Å². The number of rotatable bonds is 5. The monoisotopic (exact) mass is 345 g/mol. The molecule has 1 aliphatic heterocycles. The minimum atomic E-state index is -3.63. The second-order valence-corrected chi connectivity index (χ2v) is 7.84. The van der Waals surface area contributed by atoms with Gasteiger partial charge >= 0.3 is 5.97 Å². The van der Waals surface area contributed by atoms with E-state index in [-0.39, 0.29) is 17.4 Å². The minimum Gasteiger partial charge on any atom is -0.481 e. The number of nitrogens with zero attached hydrogens (tertiary/aromatic N) is 1. The van der Waals surface area contributed by atoms with Gasteiger partial charge in [0.1, 0.15) is 0 Å². The normalized spacial score (nSPS) is 16.9. The fourth-order valence-corrected chi connectivity index (χ4v) is 4.79. The molecular formula is C18H19NO4S. The van der Waals surface area contributed by atoms with Gasteiger partial charge in [0.2, 0.25) is 0 Å². The van der Waals surface area contributed by atoms with Crippen LogP contribution in [0.3, 0.4) is 0 Å². The Bertz CT molecular complexity index is 859. The Morgan fingerprint density at radius 1 is 1.17 bits per heavy atom. The van der Waals surface area contributed by atoms with Gasteiger partial charge in [-0.3, -0.25) is 9.10 Å². The quantitative estimate of drug-likeness (QED) is 0.904. The maximum absolute atomic E-state index is 13.0. The molecular weight excluding hydrogens is 326 g/mol. The lowest BCUT2D eigenvalue weighted by Crippen LogP contribution is -2.35. The summed E-state index contributed by atoms with van der Waals surface area (Å²) in [4.78, 5) is 10.9. The number of benzene rings is 2. The number of sulfonamides is 1. The summed E-state index contributed by atoms with van der Waals surface area (Å²) in [6.07, 6.45) is 1.12. The average Bonchev–Trinajstić information content (AvgIpc) is 2.89. The molecule has 1 N–H and O–H groups in total. The van der Waals surface area contributed by atoms with E-state index in [1.165, 1.54) is 4.31 Å². The number of fused-ring (bicyclic) bond motifs is 1. The fourth-order valence-electron chi connectivity index (χ4n) is 3.10. The number of carboxylic acids is 1. The highest BCUT2D eigenvalue weighted by atomic mass is 32.2. The standard InChI is InChI=1S/C18H19NO4S/c1-13-12-15-4-2-3-5-17(15)19(13)24(22,23)16-9-6-14(7-10-16)8-11-18(20)21/h2-7,9-10,13H,8,11-12H2,1H3,(H,20,21)/t13-/m1/s1. The van der Waals surface area contributed by atoms with Gasteiger partial charge in [0.05, 0.1) is 10.6 Å². The van der Waals surface area contributed by atoms with E-state index in [2.05, 4.69) is 0 Å². The summed E-state index contributed by atoms with van der Waals surface area (Å²) in [5.41, 5.74) is 2.58. The summed E-state index contributed by atoms with van der Waals surface area (Å²) >= 11 is 0. The number of carbonyl (C=O) groups is 1. The molecule has 0 saturated heterocycles. The maximum Gasteiger partial charge on any atom is 0.303 e. The van der Waals surface area contributed by atoms with Gasteiger partial charge in [0.25, 0.3) is 10.0 Å². The molecule has 24 heavy (non-hydrogen) atoms. The summed E-state index contributed by atoms with van der Waals surface area (Å²) in [6, 6.07) is 13.9. The van der Waals surface area contributed by atoms with E-state index < -0.39 is 16.0 Å². The molecule has 0 aromatic heterocycles. The number of carboxylic acid groups (broad SMARTS) is 1. The Labute approximate surface area is 141 Å². The second kappa shape index (κ2) is 6.28. The molecule has 0 unspecified atom stereocenters. The van der Waals surface area contributed by atoms with Crippen LogP contribution in [0.4, 0.5) is 5.69 Å². The van der Waals surface area contributed by atoms with Gasteiger partial charge in [-0.25, -0.2) is 8.42 Å². The summed E-state index contributed by atoms with van der Waals surface area (Å²) in [7, 11) is -3.63. The third-order valence-electron chi connectivity index (χ3n) is 4.25. The van der Waals surface area contributed by atoms with Crippen molar-refractivity contribution in [2.24, 2.45) is 0 Å². The van der Waals surface area contributed by atoms with Gasteiger partial charge < -0.3 is 5.11 Å². The molecule has 2 aromatic rings. The van der Waals surface area contributed by atoms with E-state index in [1.54, 1.807) is 24.3 Å². The smallest absolute Gasteiger partial charge is 0.303 e. The summed E-state index contributed by atoms with van der Waals surface area (Å²) < 4.78 is 27.5. The Morgan fingerprint density at radius 2 is 1.83 bits per heavy atom. The lowest BCUT2D eigenvalue weighted by Gasteiger charge is -2.24. The summed E-state index contributed by atoms with van der Waals surface area (Å²) in [5, 5.41) is 8.72. The van der Waals surface area contributed by atoms with Crippen molar-refractivity contribution in [2.75, 3.05) is 4.31 Å². The number of aliphatic carboxylic acids is 1. The zero-order chi connectivity index (χ0) is 17.3. The van der Waals surface area contributed by atoms with Crippen molar-refractivity contribution in [1.82, 2.24) is 0 Å². The van der Waals surface area contributed by atoms with Gasteiger partial charge in [0, 0.05) is 12.5 Å². The highest BCUT2D eigenvalue weighted by Crippen LogP contribution is 2.36. The van der Waals surface area contributed by atoms with Crippen molar-refractivity contribution in [3.8, 4) is 0 Å². The lowest BCUT2D eigenvalue weighted by molar-refractivity contribution is -0.136. The van der Waals surface area contributed by atoms with Gasteiger partial charge in [-0.05, 0) is 49.1 Å². The fraction of sp³-hybridized carbons (Fsp3) is 0.278. The highest BCUT2D eigenvalue weighted by molar-refractivity contribution is 7.92. The maximum atomic E-state index is 13.0. The topological polar surface area (TPSA) is 74.7 Å². The second-order valence-electron chi connectivity index (χ2n) is 6.02. The van der Waals surface area contributed by atoms with Crippen LogP contribution in [-0.2, 0) is 27.7 Å². The molecule has 1 heterocycles. The zero-order valence-corrected chi connectivity index (χ0v) is 14.2. The van der Waals surface area contributed by atoms with E-state index >= 15 is 0 Å². The van der Waals surface area contributed by atoms with Crippen molar-refractivity contribution >= 4 is 21.7 Å². The van der Waals surface area contributed by atoms with Crippen LogP contribution in [0.2, 0.25) is 0 Å². The van der Waals surface area contributed by atoms with Gasteiger partial charge in [-0.15, -0.1) is 0 Å². The van der Waals surface area contributed by atoms with Crippen LogP contribution in [0.25, 0.3) is 0 Å². The van der Waals surface area contributed by atoms with E-state index in [0.717, 1.165) is 16.8 Å². The minimum absolute atomic E-state index is 0.0304. The Hall–Kier alpha value is -2.34. The van der Waals surface area contributed by atoms with E-state index in [0.29, 0.717) is 12.8 Å². The first kappa shape index (κ1) is 16.5. The Kier molecular flexibility index (Phi) is 4.32. The molecule has 126 valence electrons. The number of hydrogen-bond acceptors (Lipinski definition) is 3. The van der Waals surface area contributed by atoms with Crippen LogP contribution in [-0.4, -0.2) is 25.5 Å². The summed E-state index contributed by atoms with van der Waals surface area (Å²) in [6.45, 7) is 1.90. The predicted molar refractivity (Wildman–Crippen MR) is 91.7 cm³/mol. The largest absolute Gasteiger partial charge is 0.481 e. The molecule has 0 bridgehead atoms. The molecule has 0 amide bonds. The van der Waals surface area contributed by atoms with Crippen molar-refractivity contribution < 1.29 is 18.3 Å². The Morgan fingerprint density at radius 3 is 2.50 bits per heavy atom. The average molecular weight is 345 g/mol. The van der Waals surface area contributed by atoms with Crippen LogP contribution in [0.5, 0.6) is 0 Å². The highest BCUT2D eigenvalue weighted by Gasteiger charge is 2.35. The van der Waals surface area contributed by atoms with Crippen molar-refractivity contribution in [3.63, 3.8) is 0 Å². The number of anilines is 1. The van der Waals surface area contributed by atoms with Gasteiger partial charge in [0.15, 0.2) is 0 Å². The number of aryl methyl sites for hydroxylation is 1. The van der Waals surface area contributed by atoms with E-state index in [9.17, 15) is 13.2 Å². The number of para-hydroxylation sites is 1. The first-order valence-electron chi connectivity index (χ1n) is 7.82. The lowest BCUT2D eigenvalue weighted by atomic mass is 10.1. The Balaban J connectivity index is 1.90. The SMILES string of the molecule is C[C@@H]1Cc2ccccc2N1S(=O)(=O)c1ccc(CCC(=O)O)cc1. The molecule has 3 rings (SSSR count). The molecule has 0 radical (unpaired) electrons. The van der Waals surface area contributed by atoms with Gasteiger partial charge in [-0.1, -0.05) is 30.3 Å². The molecule has 6 heteroatoms. The molecule has 5 nitrogen and oxygen atoms in total. The molecule has 0 fully saturated rings. The van der Waals surface area contributed by atoms with Crippen LogP contribution in [0.15, 0.2) is 53.4 Å². The van der Waals surface area contributed by atoms with Crippen LogP contribution < -0.4 is 4.31 Å².